The molecule has 0 spiro atoms. The van der Waals surface area contributed by atoms with Gasteiger partial charge in [-0.3, -0.25) is 0 Å². The maximum Gasteiger partial charge on any atom is 0.508 e. The second kappa shape index (κ2) is 17.4. The van der Waals surface area contributed by atoms with Gasteiger partial charge in [-0.05, 0) is 33.3 Å². The minimum atomic E-state index is -0.798. The summed E-state index contributed by atoms with van der Waals surface area (Å²) in [4.78, 5) is 21.3. The SMILES string of the molecule is CCC(C)OC(=O)OCC(C)O.[CH2-]C(C)OC(=O)OCC(C)O.[Y]. The van der Waals surface area contributed by atoms with Gasteiger partial charge in [-0.1, -0.05) is 13.8 Å². The number of carbonyl (C=O) groups excluding carboxylic acids is 2. The summed E-state index contributed by atoms with van der Waals surface area (Å²) in [6.07, 6.45) is -2.64. The first-order chi connectivity index (χ1) is 10.6. The van der Waals surface area contributed by atoms with Gasteiger partial charge in [-0.2, -0.15) is 0 Å². The fraction of sp³-hybridized carbons (Fsp3) is 0.800. The van der Waals surface area contributed by atoms with E-state index in [1.807, 2.05) is 6.92 Å². The van der Waals surface area contributed by atoms with Crippen LogP contribution in [0.5, 0.6) is 0 Å². The van der Waals surface area contributed by atoms with Gasteiger partial charge in [0.1, 0.15) is 19.3 Å². The van der Waals surface area contributed by atoms with E-state index in [4.69, 9.17) is 14.9 Å². The van der Waals surface area contributed by atoms with Crippen molar-refractivity contribution in [3.8, 4) is 0 Å². The van der Waals surface area contributed by atoms with Crippen LogP contribution >= 0.6 is 0 Å². The second-order valence-electron chi connectivity index (χ2n) is 5.09. The first-order valence-electron chi connectivity index (χ1n) is 7.44. The van der Waals surface area contributed by atoms with Crippen LogP contribution in [0.15, 0.2) is 0 Å². The second-order valence-corrected chi connectivity index (χ2v) is 5.09. The Morgan fingerprint density at radius 3 is 1.58 bits per heavy atom. The zero-order chi connectivity index (χ0) is 18.4. The smallest absolute Gasteiger partial charge is 0.464 e. The van der Waals surface area contributed by atoms with Gasteiger partial charge < -0.3 is 36.1 Å². The zero-order valence-corrected chi connectivity index (χ0v) is 17.9. The maximum absolute atomic E-state index is 10.8. The van der Waals surface area contributed by atoms with E-state index in [9.17, 15) is 9.59 Å². The van der Waals surface area contributed by atoms with Crippen molar-refractivity contribution < 1.29 is 71.5 Å². The van der Waals surface area contributed by atoms with Crippen LogP contribution < -0.4 is 0 Å². The molecule has 0 aliphatic heterocycles. The van der Waals surface area contributed by atoms with Crippen LogP contribution in [0.2, 0.25) is 0 Å². The van der Waals surface area contributed by atoms with Gasteiger partial charge in [0.05, 0.1) is 12.2 Å². The van der Waals surface area contributed by atoms with Crippen LogP contribution in [-0.2, 0) is 51.7 Å². The number of rotatable bonds is 7. The van der Waals surface area contributed by atoms with Crippen LogP contribution in [0.4, 0.5) is 9.59 Å². The van der Waals surface area contributed by atoms with Crippen LogP contribution in [0, 0.1) is 6.92 Å². The molecule has 141 valence electrons. The van der Waals surface area contributed by atoms with Gasteiger partial charge in [0.25, 0.3) is 0 Å². The molecule has 4 atom stereocenters. The number of carbonyl (C=O) groups is 2. The predicted molar refractivity (Wildman–Crippen MR) is 82.8 cm³/mol. The number of hydrogen-bond donors (Lipinski definition) is 2. The molecule has 0 aliphatic rings. The average Bonchev–Trinajstić information content (AvgIpc) is 2.42. The van der Waals surface area contributed by atoms with Crippen LogP contribution in [-0.4, -0.2) is 60.2 Å². The van der Waals surface area contributed by atoms with Crippen molar-refractivity contribution >= 4 is 12.3 Å². The number of aliphatic hydroxyl groups excluding tert-OH is 2. The summed E-state index contributed by atoms with van der Waals surface area (Å²) in [5.74, 6) is 0. The van der Waals surface area contributed by atoms with E-state index >= 15 is 0 Å². The molecule has 0 bridgehead atoms. The first-order valence-corrected chi connectivity index (χ1v) is 7.44. The molecular formula is C15H29O8Y-. The van der Waals surface area contributed by atoms with Crippen LogP contribution in [0.25, 0.3) is 0 Å². The largest absolute Gasteiger partial charge is 0.508 e. The maximum atomic E-state index is 10.8. The summed E-state index contributed by atoms with van der Waals surface area (Å²) < 4.78 is 18.3. The molecule has 2 N–H and O–H groups in total. The minimum Gasteiger partial charge on any atom is -0.464 e. The molecule has 0 rings (SSSR count). The standard InChI is InChI=1S/C8H16O4.C7H13O4.Y/c1-4-7(3)12-8(10)11-5-6(2)9;1-5(2)11-7(9)10-4-6(3)8;/h6-7,9H,4-5H2,1-3H3;5-6,8H,1,4H2,2-3H3;/q;-1;. The van der Waals surface area contributed by atoms with Gasteiger partial charge in [0.15, 0.2) is 0 Å². The Morgan fingerprint density at radius 2 is 1.29 bits per heavy atom. The van der Waals surface area contributed by atoms with E-state index in [0.29, 0.717) is 0 Å². The molecule has 0 aromatic carbocycles. The van der Waals surface area contributed by atoms with Crippen molar-refractivity contribution in [3.05, 3.63) is 6.92 Å². The Kier molecular flexibility index (Phi) is 20.6. The fourth-order valence-electron chi connectivity index (χ4n) is 0.857. The van der Waals surface area contributed by atoms with Gasteiger partial charge >= 0.3 is 12.3 Å². The van der Waals surface area contributed by atoms with E-state index in [2.05, 4.69) is 21.1 Å². The normalized spacial score (nSPS) is 14.5. The fourth-order valence-corrected chi connectivity index (χ4v) is 0.857. The molecule has 1 radical (unpaired) electrons. The van der Waals surface area contributed by atoms with Crippen molar-refractivity contribution in [1.82, 2.24) is 0 Å². The molecule has 0 saturated heterocycles. The Morgan fingerprint density at radius 1 is 0.917 bits per heavy atom. The van der Waals surface area contributed by atoms with Crippen LogP contribution in [0.3, 0.4) is 0 Å². The Hall–Kier alpha value is -0.436. The van der Waals surface area contributed by atoms with Crippen molar-refractivity contribution in [1.29, 1.82) is 0 Å². The number of aliphatic hydroxyl groups is 2. The molecule has 24 heavy (non-hydrogen) atoms. The third kappa shape index (κ3) is 23.8. The Bertz CT molecular complexity index is 321. The molecule has 0 heterocycles. The summed E-state index contributed by atoms with van der Waals surface area (Å²) >= 11 is 0. The molecule has 0 aromatic heterocycles. The predicted octanol–water partition coefficient (Wildman–Crippen LogP) is 2.06. The quantitative estimate of drug-likeness (QED) is 0.470. The van der Waals surface area contributed by atoms with E-state index < -0.39 is 30.6 Å². The van der Waals surface area contributed by atoms with E-state index in [1.165, 1.54) is 13.8 Å². The van der Waals surface area contributed by atoms with E-state index in [0.717, 1.165) is 6.42 Å². The summed E-state index contributed by atoms with van der Waals surface area (Å²) in [6.45, 7) is 11.7. The molecule has 4 unspecified atom stereocenters. The van der Waals surface area contributed by atoms with Crippen molar-refractivity contribution in [3.63, 3.8) is 0 Å². The molecule has 0 aromatic rings. The van der Waals surface area contributed by atoms with E-state index in [1.54, 1.807) is 13.8 Å². The Labute approximate surface area is 169 Å². The van der Waals surface area contributed by atoms with Gasteiger partial charge in [-0.25, -0.2) is 9.59 Å². The van der Waals surface area contributed by atoms with Crippen molar-refractivity contribution in [2.45, 2.75) is 65.5 Å². The summed E-state index contributed by atoms with van der Waals surface area (Å²) in [5, 5.41) is 17.4. The molecule has 0 aliphatic carbocycles. The van der Waals surface area contributed by atoms with E-state index in [-0.39, 0.29) is 52.0 Å². The Balaban J connectivity index is -0.000000354. The van der Waals surface area contributed by atoms with Gasteiger partial charge in [0, 0.05) is 32.7 Å². The summed E-state index contributed by atoms with van der Waals surface area (Å²) in [7, 11) is 0. The molecule has 0 saturated carbocycles. The molecule has 8 nitrogen and oxygen atoms in total. The van der Waals surface area contributed by atoms with Crippen molar-refractivity contribution in [2.75, 3.05) is 13.2 Å². The topological polar surface area (TPSA) is 112 Å². The minimum absolute atomic E-state index is 0. The summed E-state index contributed by atoms with van der Waals surface area (Å²) in [6, 6.07) is 0. The summed E-state index contributed by atoms with van der Waals surface area (Å²) in [5.41, 5.74) is 0. The molecule has 0 amide bonds. The average molecular weight is 426 g/mol. The molecular weight excluding hydrogens is 397 g/mol. The monoisotopic (exact) mass is 426 g/mol. The number of hydrogen-bond acceptors (Lipinski definition) is 8. The zero-order valence-electron chi connectivity index (χ0n) is 15.1. The first kappa shape index (κ1) is 28.4. The van der Waals surface area contributed by atoms with Crippen LogP contribution in [0.1, 0.15) is 41.0 Å². The molecule has 9 heteroatoms. The third-order valence-electron chi connectivity index (χ3n) is 2.05. The number of ether oxygens (including phenoxy) is 4. The molecule has 0 fully saturated rings. The third-order valence-corrected chi connectivity index (χ3v) is 2.05. The van der Waals surface area contributed by atoms with Gasteiger partial charge in [0.2, 0.25) is 0 Å². The van der Waals surface area contributed by atoms with Crippen molar-refractivity contribution in [2.24, 2.45) is 0 Å². The van der Waals surface area contributed by atoms with Gasteiger partial charge in [-0.15, -0.1) is 0 Å².